The zero-order chi connectivity index (χ0) is 41.6. The number of allylic oxidation sites excluding steroid dienone is 4. The van der Waals surface area contributed by atoms with Gasteiger partial charge in [-0.3, -0.25) is 6.08 Å². The van der Waals surface area contributed by atoms with E-state index in [-0.39, 0.29) is 35.6 Å². The first-order chi connectivity index (χ1) is 27.5. The molecule has 60 heavy (non-hydrogen) atoms. The van der Waals surface area contributed by atoms with Crippen LogP contribution < -0.4 is 24.8 Å². The molecule has 308 valence electrons. The summed E-state index contributed by atoms with van der Waals surface area (Å²) in [5, 5.41) is 5.39. The predicted octanol–water partition coefficient (Wildman–Crippen LogP) is 9.38. The Morgan fingerprint density at radius 2 is 0.933 bits per heavy atom. The second-order valence-electron chi connectivity index (χ2n) is 18.3. The van der Waals surface area contributed by atoms with Crippen molar-refractivity contribution < 1.29 is 49.0 Å². The van der Waals surface area contributed by atoms with Crippen molar-refractivity contribution in [3.05, 3.63) is 196 Å². The monoisotopic (exact) mass is 904 g/mol. The molecule has 8 rings (SSSR count). The normalized spacial score (nSPS) is 11.9. The van der Waals surface area contributed by atoms with Crippen LogP contribution in [0.1, 0.15) is 92.5 Å². The Bertz CT molecular complexity index is 2370. The van der Waals surface area contributed by atoms with Gasteiger partial charge in [0.15, 0.2) is 0 Å². The van der Waals surface area contributed by atoms with Gasteiger partial charge in [0.25, 0.3) is 0 Å². The van der Waals surface area contributed by atoms with E-state index in [1.54, 1.807) is 27.4 Å². The van der Waals surface area contributed by atoms with Crippen LogP contribution in [0.25, 0.3) is 43.8 Å². The van der Waals surface area contributed by atoms with Crippen molar-refractivity contribution in [1.29, 1.82) is 0 Å². The third-order valence-corrected chi connectivity index (χ3v) is 11.6. The summed E-state index contributed by atoms with van der Waals surface area (Å²) in [5.74, 6) is 0. The second-order valence-corrected chi connectivity index (χ2v) is 20.0. The van der Waals surface area contributed by atoms with Gasteiger partial charge in [0.05, 0.1) is 0 Å². The number of hydrogen-bond donors (Lipinski definition) is 0. The van der Waals surface area contributed by atoms with Gasteiger partial charge < -0.3 is 24.8 Å². The Morgan fingerprint density at radius 3 is 1.23 bits per heavy atom. The predicted molar refractivity (Wildman–Crippen MR) is 251 cm³/mol. The molecule has 0 unspecified atom stereocenters. The van der Waals surface area contributed by atoms with E-state index < -0.39 is 0 Å². The van der Waals surface area contributed by atoms with E-state index in [9.17, 15) is 0 Å². The van der Waals surface area contributed by atoms with E-state index in [0.29, 0.717) is 0 Å². The van der Waals surface area contributed by atoms with Gasteiger partial charge in [0.2, 0.25) is 0 Å². The molecule has 0 saturated carbocycles. The molecule has 0 bridgehead atoms. The van der Waals surface area contributed by atoms with Crippen molar-refractivity contribution in [3.8, 4) is 22.3 Å². The zero-order valence-electron chi connectivity index (χ0n) is 37.2. The number of rotatable bonds is 6. The molecule has 1 aliphatic carbocycles. The van der Waals surface area contributed by atoms with Crippen LogP contribution in [0.3, 0.4) is 0 Å². The van der Waals surface area contributed by atoms with Crippen molar-refractivity contribution >= 4 is 24.8 Å². The quantitative estimate of drug-likeness (QED) is 0.146. The summed E-state index contributed by atoms with van der Waals surface area (Å²) in [4.78, 5) is 0. The molecule has 0 heterocycles. The van der Waals surface area contributed by atoms with E-state index in [1.807, 2.05) is 12.2 Å². The summed E-state index contributed by atoms with van der Waals surface area (Å²) < 4.78 is 1.60. The van der Waals surface area contributed by atoms with Crippen LogP contribution in [0.5, 0.6) is 0 Å². The molecule has 0 spiro atoms. The van der Waals surface area contributed by atoms with Crippen LogP contribution in [0, 0.1) is 33.8 Å². The molecular weight excluding hydrogens is 847 g/mol. The van der Waals surface area contributed by atoms with Crippen LogP contribution in [-0.2, 0) is 47.9 Å². The number of aryl methyl sites for hydroxylation is 4. The first-order valence-electron chi connectivity index (χ1n) is 20.8. The van der Waals surface area contributed by atoms with Crippen LogP contribution in [-0.4, -0.2) is 3.21 Å². The topological polar surface area (TPSA) is 0 Å². The van der Waals surface area contributed by atoms with Gasteiger partial charge in [0, 0.05) is 0 Å². The molecule has 0 aliphatic heterocycles. The summed E-state index contributed by atoms with van der Waals surface area (Å²) in [6.07, 6.45) is 12.2. The molecule has 0 fully saturated rings. The summed E-state index contributed by atoms with van der Waals surface area (Å²) in [5.41, 5.74) is 16.4. The van der Waals surface area contributed by atoms with Crippen molar-refractivity contribution in [2.75, 3.05) is 0 Å². The Hall–Kier alpha value is -4.00. The molecule has 0 nitrogen and oxygen atoms in total. The fraction of sp³-hybridized carbons (Fsp3) is 0.263. The van der Waals surface area contributed by atoms with Gasteiger partial charge in [-0.1, -0.05) is 112 Å². The van der Waals surface area contributed by atoms with E-state index >= 15 is 0 Å². The van der Waals surface area contributed by atoms with Crippen LogP contribution in [0.15, 0.2) is 146 Å². The molecule has 0 N–H and O–H groups in total. The van der Waals surface area contributed by atoms with Crippen molar-refractivity contribution in [1.82, 2.24) is 0 Å². The maximum atomic E-state index is 2.99. The Labute approximate surface area is 388 Å². The molecule has 7 aromatic carbocycles. The molecule has 3 heteroatoms. The van der Waals surface area contributed by atoms with Crippen LogP contribution >= 0.6 is 0 Å². The fourth-order valence-corrected chi connectivity index (χ4v) is 9.18. The minimum absolute atomic E-state index is 0. The van der Waals surface area contributed by atoms with E-state index in [4.69, 9.17) is 0 Å². The molecule has 0 atom stereocenters. The number of halogens is 2. The first kappa shape index (κ1) is 48.7. The van der Waals surface area contributed by atoms with E-state index in [0.717, 1.165) is 19.3 Å². The molecule has 0 saturated heterocycles. The average molecular weight is 907 g/mol. The van der Waals surface area contributed by atoms with Crippen molar-refractivity contribution in [3.63, 3.8) is 0 Å². The van der Waals surface area contributed by atoms with Gasteiger partial charge in [0.1, 0.15) is 0 Å². The van der Waals surface area contributed by atoms with Gasteiger partial charge in [-0.15, -0.1) is 46.2 Å². The van der Waals surface area contributed by atoms with Crippen molar-refractivity contribution in [2.45, 2.75) is 99.3 Å². The number of fused-ring (bicyclic) bond motifs is 3. The summed E-state index contributed by atoms with van der Waals surface area (Å²) in [7, 11) is 0. The Balaban J connectivity index is 0.000000285. The van der Waals surface area contributed by atoms with Crippen molar-refractivity contribution in [2.24, 2.45) is 0 Å². The number of hydrogen-bond acceptors (Lipinski definition) is 0. The van der Waals surface area contributed by atoms with Gasteiger partial charge >= 0.3 is 112 Å². The number of benzene rings is 6. The van der Waals surface area contributed by atoms with Gasteiger partial charge in [-0.2, -0.15) is 6.08 Å². The third-order valence-electron chi connectivity index (χ3n) is 10.8. The zero-order valence-corrected chi connectivity index (χ0v) is 41.2. The van der Waals surface area contributed by atoms with Gasteiger partial charge in [-0.05, 0) is 71.9 Å². The fourth-order valence-electron chi connectivity index (χ4n) is 8.17. The van der Waals surface area contributed by atoms with Crippen LogP contribution in [0.2, 0.25) is 0 Å². The molecule has 1 aliphatic rings. The van der Waals surface area contributed by atoms with Gasteiger partial charge in [-0.25, -0.2) is 12.2 Å². The molecule has 0 radical (unpaired) electrons. The Kier molecular flexibility index (Phi) is 17.2. The second kappa shape index (κ2) is 21.2. The third kappa shape index (κ3) is 12.8. The first-order valence-corrected chi connectivity index (χ1v) is 22.0. The summed E-state index contributed by atoms with van der Waals surface area (Å²) >= 11 is 1.55. The van der Waals surface area contributed by atoms with E-state index in [1.165, 1.54) is 88.3 Å². The SMILES string of the molecule is Cc1cc(C)cc(-c2cc3[cH-]c4cc(-c5cc(C)cc(C)c5)c(C(C)(C)C)cc4c3cc2C(C)(C)C)c1.[C-]1=CC=CC1.[Cl-].[Cl-].[Zr+2]=[C](Cc1ccccc1)Cc1ccccc1. The Morgan fingerprint density at radius 1 is 0.550 bits per heavy atom. The molecule has 0 aromatic heterocycles. The summed E-state index contributed by atoms with van der Waals surface area (Å²) in [6, 6.07) is 47.5. The summed E-state index contributed by atoms with van der Waals surface area (Å²) in [6.45, 7) is 22.8. The minimum atomic E-state index is 0. The molecule has 0 amide bonds. The maximum absolute atomic E-state index is 2.99. The average Bonchev–Trinajstić information content (AvgIpc) is 3.85. The molecular formula is C57H60Cl2Zr-2. The standard InChI is InChI=1S/C37H41.C15H14.C5H5.2ClH.Zr/c1-22-11-23(2)14-26(13-22)32-18-28-17-29-19-33(27-15-24(3)12-25(4)16-27)35(37(8,9)10)21-31(29)30(28)20-34(32)36(5,6)7;1-3-8-14(9-4-1)12-7-13-15-10-5-2-6-11-15;1-2-4-5-3-1;;;/h11-21H,1-10H3;1-6,8-11H,12-13H2;1-3H,4H2;2*1H;/q-1;;-1;;;+2/p-2. The van der Waals surface area contributed by atoms with Crippen LogP contribution in [0.4, 0.5) is 0 Å². The van der Waals surface area contributed by atoms with E-state index in [2.05, 4.69) is 209 Å². The molecule has 7 aromatic rings.